The van der Waals surface area contributed by atoms with Crippen molar-refractivity contribution in [3.63, 3.8) is 0 Å². The fourth-order valence-electron chi connectivity index (χ4n) is 1.64. The second-order valence-electron chi connectivity index (χ2n) is 3.70. The molecule has 0 bridgehead atoms. The third kappa shape index (κ3) is 3.02. The van der Waals surface area contributed by atoms with Gasteiger partial charge in [-0.25, -0.2) is 0 Å². The first kappa shape index (κ1) is 14.2. The van der Waals surface area contributed by atoms with Gasteiger partial charge in [-0.15, -0.1) is 10.2 Å². The summed E-state index contributed by atoms with van der Waals surface area (Å²) in [7, 11) is 3.10. The van der Waals surface area contributed by atoms with Gasteiger partial charge in [-0.05, 0) is 12.1 Å². The van der Waals surface area contributed by atoms with Crippen molar-refractivity contribution in [2.24, 2.45) is 0 Å². The molecule has 0 aliphatic rings. The van der Waals surface area contributed by atoms with Crippen molar-refractivity contribution in [1.82, 2.24) is 15.2 Å². The van der Waals surface area contributed by atoms with Crippen LogP contribution in [0.2, 0.25) is 0 Å². The van der Waals surface area contributed by atoms with E-state index in [1.165, 1.54) is 0 Å². The predicted octanol–water partition coefficient (Wildman–Crippen LogP) is 1.67. The quantitative estimate of drug-likeness (QED) is 0.782. The predicted molar refractivity (Wildman–Crippen MR) is 73.3 cm³/mol. The number of H-pyrrole nitrogens is 1. The second-order valence-corrected chi connectivity index (χ2v) is 4.66. The number of thioether (sulfide) groups is 1. The van der Waals surface area contributed by atoms with E-state index in [0.717, 1.165) is 11.8 Å². The van der Waals surface area contributed by atoms with Crippen molar-refractivity contribution in [3.8, 4) is 22.9 Å². The largest absolute Gasteiger partial charge is 0.496 e. The Morgan fingerprint density at radius 2 is 1.95 bits per heavy atom. The maximum Gasteiger partial charge on any atom is 0.313 e. The van der Waals surface area contributed by atoms with Crippen molar-refractivity contribution in [3.05, 3.63) is 18.2 Å². The summed E-state index contributed by atoms with van der Waals surface area (Å²) in [4.78, 5) is 13.5. The Morgan fingerprint density at radius 1 is 1.30 bits per heavy atom. The standard InChI is InChI=1S/C12H13N3O4S/c1-18-7-4-3-5-8(19-2)10(7)11-13-12(15-14-11)20-6-9(16)17/h3-5H,6H2,1-2H3,(H,16,17)(H,13,14,15). The van der Waals surface area contributed by atoms with Gasteiger partial charge >= 0.3 is 5.97 Å². The second kappa shape index (κ2) is 6.29. The van der Waals surface area contributed by atoms with Crippen LogP contribution in [-0.4, -0.2) is 46.2 Å². The lowest BCUT2D eigenvalue weighted by molar-refractivity contribution is -0.133. The number of benzene rings is 1. The molecule has 8 heteroatoms. The fraction of sp³-hybridized carbons (Fsp3) is 0.250. The summed E-state index contributed by atoms with van der Waals surface area (Å²) < 4.78 is 10.6. The van der Waals surface area contributed by atoms with E-state index in [-0.39, 0.29) is 5.75 Å². The zero-order valence-corrected chi connectivity index (χ0v) is 11.7. The van der Waals surface area contributed by atoms with Crippen molar-refractivity contribution >= 4 is 17.7 Å². The minimum absolute atomic E-state index is 0.0856. The van der Waals surface area contributed by atoms with E-state index >= 15 is 0 Å². The Hall–Kier alpha value is -2.22. The van der Waals surface area contributed by atoms with Crippen molar-refractivity contribution in [2.45, 2.75) is 5.16 Å². The molecule has 106 valence electrons. The molecule has 0 fully saturated rings. The summed E-state index contributed by atoms with van der Waals surface area (Å²) in [6.45, 7) is 0. The highest BCUT2D eigenvalue weighted by Crippen LogP contribution is 2.36. The number of aliphatic carboxylic acids is 1. The van der Waals surface area contributed by atoms with Gasteiger partial charge in [0.25, 0.3) is 0 Å². The molecule has 0 aliphatic heterocycles. The molecule has 7 nitrogen and oxygen atoms in total. The highest BCUT2D eigenvalue weighted by Gasteiger charge is 2.16. The lowest BCUT2D eigenvalue weighted by Gasteiger charge is -2.10. The van der Waals surface area contributed by atoms with Crippen molar-refractivity contribution < 1.29 is 19.4 Å². The molecule has 1 aromatic carbocycles. The number of aromatic amines is 1. The van der Waals surface area contributed by atoms with Crippen LogP contribution in [0.5, 0.6) is 11.5 Å². The van der Waals surface area contributed by atoms with Crippen LogP contribution in [-0.2, 0) is 4.79 Å². The normalized spacial score (nSPS) is 10.3. The minimum Gasteiger partial charge on any atom is -0.496 e. The van der Waals surface area contributed by atoms with Crippen LogP contribution in [0.1, 0.15) is 0 Å². The lowest BCUT2D eigenvalue weighted by atomic mass is 10.1. The van der Waals surface area contributed by atoms with Gasteiger partial charge in [0.05, 0.1) is 20.0 Å². The monoisotopic (exact) mass is 295 g/mol. The molecular weight excluding hydrogens is 282 g/mol. The van der Waals surface area contributed by atoms with Crippen LogP contribution in [0.25, 0.3) is 11.4 Å². The summed E-state index contributed by atoms with van der Waals surface area (Å²) in [5.41, 5.74) is 0.646. The number of hydrogen-bond acceptors (Lipinski definition) is 6. The Balaban J connectivity index is 2.34. The Morgan fingerprint density at radius 3 is 2.50 bits per heavy atom. The van der Waals surface area contributed by atoms with Gasteiger partial charge in [-0.2, -0.15) is 0 Å². The van der Waals surface area contributed by atoms with Gasteiger partial charge in [0.2, 0.25) is 0 Å². The van der Waals surface area contributed by atoms with E-state index in [1.54, 1.807) is 32.4 Å². The van der Waals surface area contributed by atoms with Crippen LogP contribution in [0.15, 0.2) is 23.4 Å². The first-order chi connectivity index (χ1) is 9.65. The molecule has 0 radical (unpaired) electrons. The van der Waals surface area contributed by atoms with Crippen LogP contribution in [0.4, 0.5) is 0 Å². The number of nitrogens with zero attached hydrogens (tertiary/aromatic N) is 2. The number of hydrogen-bond donors (Lipinski definition) is 2. The molecule has 0 unspecified atom stereocenters. The maximum absolute atomic E-state index is 10.5. The molecule has 0 amide bonds. The minimum atomic E-state index is -0.914. The molecule has 0 saturated heterocycles. The van der Waals surface area contributed by atoms with Gasteiger partial charge in [0, 0.05) is 0 Å². The average Bonchev–Trinajstić information content (AvgIpc) is 2.92. The number of carboxylic acid groups (broad SMARTS) is 1. The van der Waals surface area contributed by atoms with Crippen molar-refractivity contribution in [2.75, 3.05) is 20.0 Å². The van der Waals surface area contributed by atoms with E-state index < -0.39 is 5.97 Å². The molecule has 2 rings (SSSR count). The number of rotatable bonds is 6. The topological polar surface area (TPSA) is 97.3 Å². The Bertz CT molecular complexity index is 592. The molecule has 2 aromatic rings. The summed E-state index contributed by atoms with van der Waals surface area (Å²) in [5, 5.41) is 17.0. The van der Waals surface area contributed by atoms with Crippen LogP contribution in [0.3, 0.4) is 0 Å². The van der Waals surface area contributed by atoms with Gasteiger partial charge in [-0.3, -0.25) is 4.79 Å². The highest BCUT2D eigenvalue weighted by molar-refractivity contribution is 7.99. The lowest BCUT2D eigenvalue weighted by Crippen LogP contribution is -1.97. The molecule has 20 heavy (non-hydrogen) atoms. The number of ether oxygens (including phenoxy) is 2. The first-order valence-electron chi connectivity index (χ1n) is 5.64. The summed E-state index contributed by atoms with van der Waals surface area (Å²) in [6, 6.07) is 5.37. The highest BCUT2D eigenvalue weighted by atomic mass is 32.2. The molecule has 0 atom stereocenters. The molecule has 0 spiro atoms. The third-order valence-electron chi connectivity index (χ3n) is 2.46. The van der Waals surface area contributed by atoms with Crippen molar-refractivity contribution in [1.29, 1.82) is 0 Å². The van der Waals surface area contributed by atoms with Gasteiger partial charge in [-0.1, -0.05) is 17.8 Å². The van der Waals surface area contributed by atoms with Crippen LogP contribution >= 0.6 is 11.8 Å². The molecule has 1 aromatic heterocycles. The number of aromatic nitrogens is 3. The summed E-state index contributed by atoms with van der Waals surface area (Å²) in [5.74, 6) is 0.651. The van der Waals surface area contributed by atoms with Gasteiger partial charge in [0.15, 0.2) is 11.0 Å². The zero-order valence-electron chi connectivity index (χ0n) is 10.9. The smallest absolute Gasteiger partial charge is 0.313 e. The zero-order chi connectivity index (χ0) is 14.5. The molecular formula is C12H13N3O4S. The maximum atomic E-state index is 10.5. The van der Waals surface area contributed by atoms with Gasteiger partial charge < -0.3 is 19.6 Å². The third-order valence-corrected chi connectivity index (χ3v) is 3.31. The fourth-order valence-corrected chi connectivity index (χ4v) is 2.17. The number of nitrogens with one attached hydrogen (secondary N) is 1. The Kier molecular flexibility index (Phi) is 4.46. The van der Waals surface area contributed by atoms with Crippen LogP contribution in [0, 0.1) is 0 Å². The Labute approximate surface area is 119 Å². The van der Waals surface area contributed by atoms with E-state index in [1.807, 2.05) is 0 Å². The molecule has 1 heterocycles. The van der Waals surface area contributed by atoms with E-state index in [4.69, 9.17) is 14.6 Å². The number of methoxy groups -OCH3 is 2. The summed E-state index contributed by atoms with van der Waals surface area (Å²) >= 11 is 1.06. The molecule has 0 saturated carbocycles. The molecule has 0 aliphatic carbocycles. The van der Waals surface area contributed by atoms with E-state index in [9.17, 15) is 4.79 Å². The summed E-state index contributed by atoms with van der Waals surface area (Å²) in [6.07, 6.45) is 0. The van der Waals surface area contributed by atoms with E-state index in [0.29, 0.717) is 28.0 Å². The first-order valence-corrected chi connectivity index (χ1v) is 6.63. The van der Waals surface area contributed by atoms with Crippen LogP contribution < -0.4 is 9.47 Å². The van der Waals surface area contributed by atoms with E-state index in [2.05, 4.69) is 15.2 Å². The molecule has 2 N–H and O–H groups in total. The number of carboxylic acids is 1. The number of carbonyl (C=O) groups is 1. The average molecular weight is 295 g/mol. The SMILES string of the molecule is COc1cccc(OC)c1-c1nnc(SCC(=O)O)[nH]1. The van der Waals surface area contributed by atoms with Gasteiger partial charge in [0.1, 0.15) is 17.1 Å².